The average molecular weight is 340 g/mol. The predicted molar refractivity (Wildman–Crippen MR) is 80.8 cm³/mol. The summed E-state index contributed by atoms with van der Waals surface area (Å²) in [5.41, 5.74) is 2.15. The summed E-state index contributed by atoms with van der Waals surface area (Å²) >= 11 is 0. The van der Waals surface area contributed by atoms with Crippen molar-refractivity contribution >= 4 is 11.6 Å². The highest BCUT2D eigenvalue weighted by molar-refractivity contribution is 6.04. The first-order valence-corrected chi connectivity index (χ1v) is 6.96. The van der Waals surface area contributed by atoms with E-state index in [0.29, 0.717) is 11.3 Å². The molecule has 0 atom stereocenters. The van der Waals surface area contributed by atoms with Crippen molar-refractivity contribution < 1.29 is 27.8 Å². The zero-order chi connectivity index (χ0) is 17.7. The Kier molecular flexibility index (Phi) is 5.40. The number of ether oxygens (including phenoxy) is 1. The van der Waals surface area contributed by atoms with Crippen LogP contribution in [0.1, 0.15) is 21.5 Å². The second-order valence-corrected chi connectivity index (χ2v) is 5.05. The molecule has 8 heteroatoms. The summed E-state index contributed by atoms with van der Waals surface area (Å²) in [5, 5.41) is 11.8. The van der Waals surface area contributed by atoms with E-state index in [4.69, 9.17) is 5.11 Å². The Morgan fingerprint density at radius 3 is 2.62 bits per heavy atom. The smallest absolute Gasteiger partial charge is 0.422 e. The number of aryl methyl sites for hydroxylation is 1. The van der Waals surface area contributed by atoms with Crippen LogP contribution in [-0.2, 0) is 6.61 Å². The fraction of sp³-hybridized carbons (Fsp3) is 0.250. The quantitative estimate of drug-likeness (QED) is 0.877. The molecule has 1 aromatic carbocycles. The maximum atomic E-state index is 12.2. The molecular weight excluding hydrogens is 325 g/mol. The molecule has 1 amide bonds. The maximum Gasteiger partial charge on any atom is 0.422 e. The minimum absolute atomic E-state index is 0.157. The molecule has 128 valence electrons. The number of rotatable bonds is 5. The summed E-state index contributed by atoms with van der Waals surface area (Å²) < 4.78 is 40.6. The number of alkyl halides is 3. The molecule has 0 aliphatic rings. The molecule has 0 aliphatic heterocycles. The van der Waals surface area contributed by atoms with Gasteiger partial charge in [0.15, 0.2) is 6.61 Å². The van der Waals surface area contributed by atoms with Gasteiger partial charge in [-0.25, -0.2) is 4.98 Å². The Hall–Kier alpha value is -2.61. The van der Waals surface area contributed by atoms with Crippen molar-refractivity contribution in [2.75, 3.05) is 11.9 Å². The van der Waals surface area contributed by atoms with Crippen LogP contribution in [0.2, 0.25) is 0 Å². The number of carbonyl (C=O) groups is 1. The van der Waals surface area contributed by atoms with Crippen LogP contribution in [0.3, 0.4) is 0 Å². The average Bonchev–Trinajstić information content (AvgIpc) is 2.54. The molecule has 2 aromatic rings. The predicted octanol–water partition coefficient (Wildman–Crippen LogP) is 3.08. The number of hydrogen-bond donors (Lipinski definition) is 2. The summed E-state index contributed by atoms with van der Waals surface area (Å²) in [6.07, 6.45) is -3.32. The third-order valence-corrected chi connectivity index (χ3v) is 3.12. The van der Waals surface area contributed by atoms with Crippen molar-refractivity contribution in [1.29, 1.82) is 0 Å². The van der Waals surface area contributed by atoms with Crippen LogP contribution in [-0.4, -0.2) is 28.8 Å². The first kappa shape index (κ1) is 17.7. The van der Waals surface area contributed by atoms with E-state index in [1.165, 1.54) is 12.1 Å². The molecule has 0 spiro atoms. The molecule has 0 unspecified atom stereocenters. The number of aliphatic hydroxyl groups is 1. The number of nitrogens with zero attached hydrogens (tertiary/aromatic N) is 1. The Morgan fingerprint density at radius 2 is 2.04 bits per heavy atom. The molecule has 5 nitrogen and oxygen atoms in total. The molecule has 2 N–H and O–H groups in total. The highest BCUT2D eigenvalue weighted by Crippen LogP contribution is 2.19. The molecule has 0 saturated heterocycles. The highest BCUT2D eigenvalue weighted by atomic mass is 19.4. The standard InChI is InChI=1S/C16H15F3N2O3/c1-10-2-3-11(8-22)6-13(10)21-15(23)12-4-5-14(20-7-12)24-9-16(17,18)19/h2-7,22H,8-9H2,1H3,(H,21,23). The summed E-state index contributed by atoms with van der Waals surface area (Å²) in [5.74, 6) is -0.689. The summed E-state index contributed by atoms with van der Waals surface area (Å²) in [6, 6.07) is 7.64. The van der Waals surface area contributed by atoms with E-state index in [-0.39, 0.29) is 18.1 Å². The Labute approximate surface area is 136 Å². The first-order chi connectivity index (χ1) is 11.3. The van der Waals surface area contributed by atoms with Crippen LogP contribution in [0.5, 0.6) is 5.88 Å². The Morgan fingerprint density at radius 1 is 1.29 bits per heavy atom. The lowest BCUT2D eigenvalue weighted by Gasteiger charge is -2.11. The number of halogens is 3. The van der Waals surface area contributed by atoms with Gasteiger partial charge in [-0.15, -0.1) is 0 Å². The SMILES string of the molecule is Cc1ccc(CO)cc1NC(=O)c1ccc(OCC(F)(F)F)nc1. The van der Waals surface area contributed by atoms with E-state index in [2.05, 4.69) is 15.0 Å². The van der Waals surface area contributed by atoms with Gasteiger partial charge in [0.25, 0.3) is 5.91 Å². The topological polar surface area (TPSA) is 71.5 Å². The van der Waals surface area contributed by atoms with Crippen LogP contribution < -0.4 is 10.1 Å². The van der Waals surface area contributed by atoms with E-state index in [1.54, 1.807) is 25.1 Å². The van der Waals surface area contributed by atoms with Gasteiger partial charge in [0.05, 0.1) is 12.2 Å². The van der Waals surface area contributed by atoms with Gasteiger partial charge in [-0.3, -0.25) is 4.79 Å². The van der Waals surface area contributed by atoms with Gasteiger partial charge < -0.3 is 15.2 Å². The van der Waals surface area contributed by atoms with E-state index >= 15 is 0 Å². The van der Waals surface area contributed by atoms with Gasteiger partial charge in [0, 0.05) is 18.0 Å². The number of aliphatic hydroxyl groups excluding tert-OH is 1. The number of benzene rings is 1. The van der Waals surface area contributed by atoms with Crippen LogP contribution in [0.15, 0.2) is 36.5 Å². The van der Waals surface area contributed by atoms with Crippen molar-refractivity contribution in [2.24, 2.45) is 0 Å². The first-order valence-electron chi connectivity index (χ1n) is 6.96. The maximum absolute atomic E-state index is 12.2. The molecule has 1 aromatic heterocycles. The summed E-state index contributed by atoms with van der Waals surface area (Å²) in [7, 11) is 0. The van der Waals surface area contributed by atoms with Crippen molar-refractivity contribution in [3.63, 3.8) is 0 Å². The van der Waals surface area contributed by atoms with E-state index in [9.17, 15) is 18.0 Å². The number of amides is 1. The number of carbonyl (C=O) groups excluding carboxylic acids is 1. The molecule has 0 radical (unpaired) electrons. The van der Waals surface area contributed by atoms with E-state index in [1.807, 2.05) is 0 Å². The van der Waals surface area contributed by atoms with Gasteiger partial charge in [-0.2, -0.15) is 13.2 Å². The molecule has 1 heterocycles. The fourth-order valence-corrected chi connectivity index (χ4v) is 1.85. The number of anilines is 1. The van der Waals surface area contributed by atoms with Crippen LogP contribution in [0, 0.1) is 6.92 Å². The largest absolute Gasteiger partial charge is 0.468 e. The normalized spacial score (nSPS) is 11.2. The number of nitrogens with one attached hydrogen (secondary N) is 1. The molecule has 2 rings (SSSR count). The third-order valence-electron chi connectivity index (χ3n) is 3.12. The van der Waals surface area contributed by atoms with Gasteiger partial charge in [-0.1, -0.05) is 12.1 Å². The van der Waals surface area contributed by atoms with E-state index < -0.39 is 18.7 Å². The third kappa shape index (κ3) is 4.95. The molecular formula is C16H15F3N2O3. The second-order valence-electron chi connectivity index (χ2n) is 5.05. The summed E-state index contributed by atoms with van der Waals surface area (Å²) in [4.78, 5) is 15.8. The van der Waals surface area contributed by atoms with Crippen LogP contribution in [0.4, 0.5) is 18.9 Å². The van der Waals surface area contributed by atoms with Gasteiger partial charge in [0.2, 0.25) is 5.88 Å². The van der Waals surface area contributed by atoms with Crippen molar-refractivity contribution in [2.45, 2.75) is 19.7 Å². The number of pyridine rings is 1. The zero-order valence-corrected chi connectivity index (χ0v) is 12.7. The molecule has 0 bridgehead atoms. The fourth-order valence-electron chi connectivity index (χ4n) is 1.85. The number of aromatic nitrogens is 1. The molecule has 0 aliphatic carbocycles. The van der Waals surface area contributed by atoms with Crippen LogP contribution >= 0.6 is 0 Å². The highest BCUT2D eigenvalue weighted by Gasteiger charge is 2.28. The monoisotopic (exact) mass is 340 g/mol. The lowest BCUT2D eigenvalue weighted by molar-refractivity contribution is -0.154. The molecule has 0 saturated carbocycles. The summed E-state index contributed by atoms with van der Waals surface area (Å²) in [6.45, 7) is 0.192. The Bertz CT molecular complexity index is 715. The van der Waals surface area contributed by atoms with Crippen molar-refractivity contribution in [3.8, 4) is 5.88 Å². The van der Waals surface area contributed by atoms with E-state index in [0.717, 1.165) is 11.8 Å². The lowest BCUT2D eigenvalue weighted by atomic mass is 10.1. The molecule has 0 fully saturated rings. The minimum Gasteiger partial charge on any atom is -0.468 e. The van der Waals surface area contributed by atoms with Crippen LogP contribution in [0.25, 0.3) is 0 Å². The minimum atomic E-state index is -4.45. The molecule has 24 heavy (non-hydrogen) atoms. The second kappa shape index (κ2) is 7.31. The zero-order valence-electron chi connectivity index (χ0n) is 12.7. The Balaban J connectivity index is 2.05. The van der Waals surface area contributed by atoms with Gasteiger partial charge in [0.1, 0.15) is 0 Å². The lowest BCUT2D eigenvalue weighted by Crippen LogP contribution is -2.19. The van der Waals surface area contributed by atoms with Gasteiger partial charge >= 0.3 is 6.18 Å². The van der Waals surface area contributed by atoms with Gasteiger partial charge in [-0.05, 0) is 30.2 Å². The van der Waals surface area contributed by atoms with Crippen molar-refractivity contribution in [3.05, 3.63) is 53.2 Å². The van der Waals surface area contributed by atoms with Crippen molar-refractivity contribution in [1.82, 2.24) is 4.98 Å². The number of hydrogen-bond acceptors (Lipinski definition) is 4.